The highest BCUT2D eigenvalue weighted by atomic mass is 35.5. The van der Waals surface area contributed by atoms with Gasteiger partial charge in [0, 0.05) is 18.1 Å². The van der Waals surface area contributed by atoms with Crippen LogP contribution in [0.3, 0.4) is 0 Å². The van der Waals surface area contributed by atoms with Crippen molar-refractivity contribution in [1.29, 1.82) is 0 Å². The van der Waals surface area contributed by atoms with Crippen molar-refractivity contribution in [3.05, 3.63) is 28.8 Å². The second kappa shape index (κ2) is 8.25. The van der Waals surface area contributed by atoms with E-state index in [2.05, 4.69) is 0 Å². The zero-order valence-corrected chi connectivity index (χ0v) is 13.1. The van der Waals surface area contributed by atoms with Crippen molar-refractivity contribution in [3.8, 4) is 5.75 Å². The molecule has 0 saturated carbocycles. The first-order valence-electron chi connectivity index (χ1n) is 7.60. The molecule has 2 rings (SSSR count). The van der Waals surface area contributed by atoms with Gasteiger partial charge in [0.1, 0.15) is 5.75 Å². The number of hydrogen-bond donors (Lipinski definition) is 1. The third-order valence-corrected chi connectivity index (χ3v) is 3.98. The van der Waals surface area contributed by atoms with Crippen molar-refractivity contribution < 1.29 is 9.53 Å². The van der Waals surface area contributed by atoms with Gasteiger partial charge in [-0.15, -0.1) is 0 Å². The number of nitrogens with zero attached hydrogens (tertiary/aromatic N) is 1. The molecule has 116 valence electrons. The van der Waals surface area contributed by atoms with Crippen molar-refractivity contribution in [2.75, 3.05) is 26.2 Å². The average Bonchev–Trinajstić information content (AvgIpc) is 2.75. The number of nitrogens with two attached hydrogens (primary N) is 1. The minimum Gasteiger partial charge on any atom is -0.483 e. The molecule has 5 heteroatoms. The Labute approximate surface area is 131 Å². The molecule has 0 aromatic heterocycles. The Balaban J connectivity index is 1.93. The zero-order valence-electron chi connectivity index (χ0n) is 12.3. The van der Waals surface area contributed by atoms with Gasteiger partial charge in [-0.2, -0.15) is 0 Å². The molecule has 0 spiro atoms. The molecular formula is C16H23ClN2O2. The molecule has 4 nitrogen and oxygen atoms in total. The van der Waals surface area contributed by atoms with Gasteiger partial charge in [0.2, 0.25) is 0 Å². The molecule has 2 N–H and O–H groups in total. The number of rotatable bonds is 5. The molecule has 1 aliphatic rings. The predicted molar refractivity (Wildman–Crippen MR) is 84.8 cm³/mol. The lowest BCUT2D eigenvalue weighted by Gasteiger charge is -2.21. The van der Waals surface area contributed by atoms with Gasteiger partial charge in [-0.3, -0.25) is 4.79 Å². The number of amides is 1. The molecule has 1 saturated heterocycles. The Morgan fingerprint density at radius 2 is 1.95 bits per heavy atom. The van der Waals surface area contributed by atoms with E-state index in [9.17, 15) is 4.79 Å². The molecule has 1 amide bonds. The lowest BCUT2D eigenvalue weighted by molar-refractivity contribution is -0.133. The fourth-order valence-electron chi connectivity index (χ4n) is 2.59. The van der Waals surface area contributed by atoms with Crippen molar-refractivity contribution in [1.82, 2.24) is 4.90 Å². The topological polar surface area (TPSA) is 55.6 Å². The quantitative estimate of drug-likeness (QED) is 0.909. The van der Waals surface area contributed by atoms with Gasteiger partial charge >= 0.3 is 0 Å². The van der Waals surface area contributed by atoms with Gasteiger partial charge in [0.05, 0.1) is 0 Å². The molecule has 1 aromatic carbocycles. The summed E-state index contributed by atoms with van der Waals surface area (Å²) < 4.78 is 5.70. The Bertz CT molecular complexity index is 471. The molecule has 21 heavy (non-hydrogen) atoms. The molecular weight excluding hydrogens is 288 g/mol. The monoisotopic (exact) mass is 310 g/mol. The van der Waals surface area contributed by atoms with Gasteiger partial charge in [0.15, 0.2) is 6.61 Å². The van der Waals surface area contributed by atoms with Crippen LogP contribution in [0, 0.1) is 0 Å². The number of likely N-dealkylation sites (tertiary alicyclic amines) is 1. The second-order valence-corrected chi connectivity index (χ2v) is 5.81. The number of hydrogen-bond acceptors (Lipinski definition) is 3. The normalized spacial score (nSPS) is 15.6. The van der Waals surface area contributed by atoms with Crippen LogP contribution in [0.5, 0.6) is 5.75 Å². The van der Waals surface area contributed by atoms with E-state index in [-0.39, 0.29) is 12.5 Å². The number of carbonyl (C=O) groups is 1. The highest BCUT2D eigenvalue weighted by molar-refractivity contribution is 6.30. The third-order valence-electron chi connectivity index (χ3n) is 3.75. The van der Waals surface area contributed by atoms with E-state index in [1.807, 2.05) is 17.0 Å². The summed E-state index contributed by atoms with van der Waals surface area (Å²) >= 11 is 5.98. The minimum atomic E-state index is 0.0607. The van der Waals surface area contributed by atoms with Gasteiger partial charge in [-0.05, 0) is 49.6 Å². The molecule has 0 atom stereocenters. The number of halogens is 1. The number of ether oxygens (including phenoxy) is 1. The van der Waals surface area contributed by atoms with Gasteiger partial charge in [-0.1, -0.05) is 24.4 Å². The van der Waals surface area contributed by atoms with Crippen molar-refractivity contribution in [2.45, 2.75) is 32.1 Å². The maximum Gasteiger partial charge on any atom is 0.260 e. The summed E-state index contributed by atoms with van der Waals surface area (Å²) in [6.45, 7) is 2.30. The van der Waals surface area contributed by atoms with E-state index in [1.165, 1.54) is 12.8 Å². The Hall–Kier alpha value is -1.26. The first kappa shape index (κ1) is 16.1. The van der Waals surface area contributed by atoms with E-state index in [1.54, 1.807) is 6.07 Å². The van der Waals surface area contributed by atoms with Crippen LogP contribution in [0.4, 0.5) is 0 Å². The van der Waals surface area contributed by atoms with Crippen molar-refractivity contribution in [3.63, 3.8) is 0 Å². The van der Waals surface area contributed by atoms with Crippen LogP contribution in [-0.2, 0) is 11.2 Å². The van der Waals surface area contributed by atoms with Crippen molar-refractivity contribution >= 4 is 17.5 Å². The van der Waals surface area contributed by atoms with Crippen LogP contribution >= 0.6 is 11.6 Å². The largest absolute Gasteiger partial charge is 0.483 e. The number of carbonyl (C=O) groups excluding carboxylic acids is 1. The summed E-state index contributed by atoms with van der Waals surface area (Å²) in [6.07, 6.45) is 5.29. The van der Waals surface area contributed by atoms with E-state index in [0.717, 1.165) is 31.5 Å². The summed E-state index contributed by atoms with van der Waals surface area (Å²) in [5.74, 6) is 0.763. The summed E-state index contributed by atoms with van der Waals surface area (Å²) in [5.41, 5.74) is 6.55. The van der Waals surface area contributed by atoms with Crippen LogP contribution in [0.15, 0.2) is 18.2 Å². The first-order valence-corrected chi connectivity index (χ1v) is 7.97. The Morgan fingerprint density at radius 3 is 2.62 bits per heavy atom. The fraction of sp³-hybridized carbons (Fsp3) is 0.562. The van der Waals surface area contributed by atoms with Crippen LogP contribution in [0.2, 0.25) is 5.02 Å². The molecule has 0 radical (unpaired) electrons. The molecule has 0 aliphatic carbocycles. The maximum absolute atomic E-state index is 12.2. The van der Waals surface area contributed by atoms with Gasteiger partial charge in [-0.25, -0.2) is 0 Å². The molecule has 1 aromatic rings. The van der Waals surface area contributed by atoms with Crippen LogP contribution < -0.4 is 10.5 Å². The molecule has 1 heterocycles. The van der Waals surface area contributed by atoms with Crippen LogP contribution in [0.25, 0.3) is 0 Å². The molecule has 0 bridgehead atoms. The SMILES string of the molecule is NCCc1cc(Cl)ccc1OCC(=O)N1CCCCCC1. The summed E-state index contributed by atoms with van der Waals surface area (Å²) in [7, 11) is 0. The average molecular weight is 311 g/mol. The van der Waals surface area contributed by atoms with Gasteiger partial charge in [0.25, 0.3) is 5.91 Å². The number of benzene rings is 1. The highest BCUT2D eigenvalue weighted by Crippen LogP contribution is 2.23. The smallest absolute Gasteiger partial charge is 0.260 e. The van der Waals surface area contributed by atoms with Crippen molar-refractivity contribution in [2.24, 2.45) is 5.73 Å². The Kier molecular flexibility index (Phi) is 6.33. The van der Waals surface area contributed by atoms with Crippen LogP contribution in [-0.4, -0.2) is 37.0 Å². The van der Waals surface area contributed by atoms with E-state index in [0.29, 0.717) is 23.7 Å². The lowest BCUT2D eigenvalue weighted by Crippen LogP contribution is -2.35. The zero-order chi connectivity index (χ0) is 15.1. The third kappa shape index (κ3) is 4.90. The molecule has 1 fully saturated rings. The van der Waals surface area contributed by atoms with E-state index >= 15 is 0 Å². The fourth-order valence-corrected chi connectivity index (χ4v) is 2.79. The highest BCUT2D eigenvalue weighted by Gasteiger charge is 2.16. The summed E-state index contributed by atoms with van der Waals surface area (Å²) in [6, 6.07) is 5.43. The summed E-state index contributed by atoms with van der Waals surface area (Å²) in [5, 5.41) is 0.657. The van der Waals surface area contributed by atoms with Crippen LogP contribution in [0.1, 0.15) is 31.2 Å². The Morgan fingerprint density at radius 1 is 1.24 bits per heavy atom. The molecule has 1 aliphatic heterocycles. The minimum absolute atomic E-state index is 0.0607. The van der Waals surface area contributed by atoms with E-state index in [4.69, 9.17) is 22.1 Å². The predicted octanol–water partition coefficient (Wildman–Crippen LogP) is 2.62. The molecule has 0 unspecified atom stereocenters. The summed E-state index contributed by atoms with van der Waals surface area (Å²) in [4.78, 5) is 14.1. The second-order valence-electron chi connectivity index (χ2n) is 5.37. The maximum atomic E-state index is 12.2. The lowest BCUT2D eigenvalue weighted by atomic mass is 10.1. The van der Waals surface area contributed by atoms with E-state index < -0.39 is 0 Å². The van der Waals surface area contributed by atoms with Gasteiger partial charge < -0.3 is 15.4 Å². The standard InChI is InChI=1S/C16H23ClN2O2/c17-14-5-6-15(13(11-14)7-8-18)21-12-16(20)19-9-3-1-2-4-10-19/h5-6,11H,1-4,7-10,12,18H2. The first-order chi connectivity index (χ1) is 10.2.